The second-order valence-electron chi connectivity index (χ2n) is 4.11. The number of nitriles is 4. The molecule has 0 unspecified atom stereocenters. The lowest BCUT2D eigenvalue weighted by molar-refractivity contribution is 0.307. The minimum atomic E-state index is -0.0662. The van der Waals surface area contributed by atoms with Gasteiger partial charge in [0.25, 0.3) is 0 Å². The van der Waals surface area contributed by atoms with Crippen LogP contribution in [0.25, 0.3) is 11.1 Å². The second kappa shape index (κ2) is 8.00. The fourth-order valence-electron chi connectivity index (χ4n) is 1.63. The van der Waals surface area contributed by atoms with E-state index in [2.05, 4.69) is 0 Å². The van der Waals surface area contributed by atoms with Gasteiger partial charge in [-0.05, 0) is 18.6 Å². The summed E-state index contributed by atoms with van der Waals surface area (Å²) < 4.78 is 5.59. The van der Waals surface area contributed by atoms with E-state index in [1.54, 1.807) is 12.1 Å². The molecule has 0 saturated heterocycles. The van der Waals surface area contributed by atoms with Crippen molar-refractivity contribution in [2.45, 2.75) is 19.8 Å². The Kier molecular flexibility index (Phi) is 6.01. The molecule has 0 aliphatic carbocycles. The highest BCUT2D eigenvalue weighted by molar-refractivity contribution is 5.75. The molecule has 1 rings (SSSR count). The predicted octanol–water partition coefficient (Wildman–Crippen LogP) is 1.26. The van der Waals surface area contributed by atoms with Crippen LogP contribution in [0, 0.1) is 45.3 Å². The molecule has 5 nitrogen and oxygen atoms in total. The third-order valence-corrected chi connectivity index (χ3v) is 2.74. The van der Waals surface area contributed by atoms with Gasteiger partial charge in [0.15, 0.2) is 0 Å². The maximum absolute atomic E-state index is 8.97. The highest BCUT2D eigenvalue weighted by atomic mass is 16.5. The van der Waals surface area contributed by atoms with Gasteiger partial charge in [0, 0.05) is 10.4 Å². The molecular formula is C16H12N4O. The minimum Gasteiger partial charge on any atom is -0.493 e. The molecule has 0 atom stereocenters. The van der Waals surface area contributed by atoms with Crippen LogP contribution in [0.2, 0.25) is 0 Å². The number of rotatable bonds is 4. The van der Waals surface area contributed by atoms with E-state index in [-0.39, 0.29) is 11.1 Å². The van der Waals surface area contributed by atoms with Crippen molar-refractivity contribution in [2.75, 3.05) is 6.61 Å². The Hall–Kier alpha value is -3.28. The first kappa shape index (κ1) is 15.8. The Morgan fingerprint density at radius 1 is 1.00 bits per heavy atom. The number of benzene rings is 1. The molecule has 1 aromatic rings. The molecule has 21 heavy (non-hydrogen) atoms. The molecule has 102 valence electrons. The van der Waals surface area contributed by atoms with Crippen LogP contribution in [0.15, 0.2) is 18.2 Å². The molecular weight excluding hydrogens is 264 g/mol. The third-order valence-electron chi connectivity index (χ3n) is 2.74. The quantitative estimate of drug-likeness (QED) is 0.770. The van der Waals surface area contributed by atoms with Crippen LogP contribution in [0.5, 0.6) is 5.75 Å². The first-order valence-corrected chi connectivity index (χ1v) is 6.33. The summed E-state index contributed by atoms with van der Waals surface area (Å²) in [6, 6.07) is 11.8. The molecule has 0 N–H and O–H groups in total. The van der Waals surface area contributed by atoms with Crippen LogP contribution in [0.3, 0.4) is 0 Å². The van der Waals surface area contributed by atoms with E-state index >= 15 is 0 Å². The highest BCUT2D eigenvalue weighted by Gasteiger charge is 2.05. The van der Waals surface area contributed by atoms with Gasteiger partial charge in [-0.1, -0.05) is 19.4 Å². The zero-order valence-corrected chi connectivity index (χ0v) is 11.6. The molecule has 0 bridgehead atoms. The lowest BCUT2D eigenvalue weighted by atomic mass is 10.1. The van der Waals surface area contributed by atoms with Gasteiger partial charge in [0.05, 0.1) is 6.61 Å². The van der Waals surface area contributed by atoms with E-state index in [1.165, 1.54) is 18.2 Å². The number of ether oxygens (including phenoxy) is 1. The van der Waals surface area contributed by atoms with E-state index in [1.807, 2.05) is 19.1 Å². The zero-order valence-electron chi connectivity index (χ0n) is 11.6. The van der Waals surface area contributed by atoms with Crippen molar-refractivity contribution < 1.29 is 4.74 Å². The van der Waals surface area contributed by atoms with E-state index in [0.29, 0.717) is 22.8 Å². The van der Waals surface area contributed by atoms with Gasteiger partial charge in [0.1, 0.15) is 41.2 Å². The molecule has 5 heteroatoms. The molecule has 0 amide bonds. The zero-order chi connectivity index (χ0) is 15.7. The fraction of sp³-hybridized carbons (Fsp3) is 0.250. The Balaban J connectivity index is 3.59. The van der Waals surface area contributed by atoms with Gasteiger partial charge in [-0.25, -0.2) is 0 Å². The molecule has 0 radical (unpaired) electrons. The SMILES string of the molecule is CCCCOc1cc(=C(C#N)C#N)ccc1=C(C#N)C#N. The first-order chi connectivity index (χ1) is 10.2. The highest BCUT2D eigenvalue weighted by Crippen LogP contribution is 2.04. The summed E-state index contributed by atoms with van der Waals surface area (Å²) in [4.78, 5) is 0. The fourth-order valence-corrected chi connectivity index (χ4v) is 1.63. The number of hydrogen-bond donors (Lipinski definition) is 0. The average Bonchev–Trinajstić information content (AvgIpc) is 2.51. The summed E-state index contributed by atoms with van der Waals surface area (Å²) in [5, 5.41) is 36.5. The summed E-state index contributed by atoms with van der Waals surface area (Å²) in [5.74, 6) is 0.335. The van der Waals surface area contributed by atoms with Crippen molar-refractivity contribution in [3.63, 3.8) is 0 Å². The van der Waals surface area contributed by atoms with Crippen molar-refractivity contribution in [2.24, 2.45) is 0 Å². The van der Waals surface area contributed by atoms with Crippen molar-refractivity contribution in [1.29, 1.82) is 21.0 Å². The summed E-state index contributed by atoms with van der Waals surface area (Å²) in [7, 11) is 0. The van der Waals surface area contributed by atoms with Crippen molar-refractivity contribution in [3.05, 3.63) is 28.6 Å². The van der Waals surface area contributed by atoms with Crippen LogP contribution in [-0.4, -0.2) is 6.61 Å². The molecule has 0 fully saturated rings. The van der Waals surface area contributed by atoms with Crippen LogP contribution in [0.1, 0.15) is 19.8 Å². The van der Waals surface area contributed by atoms with Crippen molar-refractivity contribution in [1.82, 2.24) is 0 Å². The largest absolute Gasteiger partial charge is 0.493 e. The van der Waals surface area contributed by atoms with Gasteiger partial charge in [-0.15, -0.1) is 0 Å². The number of nitrogens with zero attached hydrogens (tertiary/aromatic N) is 4. The van der Waals surface area contributed by atoms with Crippen molar-refractivity contribution >= 4 is 11.1 Å². The third kappa shape index (κ3) is 3.84. The average molecular weight is 276 g/mol. The molecule has 0 saturated carbocycles. The molecule has 0 spiro atoms. The number of hydrogen-bond acceptors (Lipinski definition) is 5. The Morgan fingerprint density at radius 3 is 2.14 bits per heavy atom. The summed E-state index contributed by atoms with van der Waals surface area (Å²) in [5.41, 5.74) is -0.110. The summed E-state index contributed by atoms with van der Waals surface area (Å²) in [6.45, 7) is 2.45. The van der Waals surface area contributed by atoms with Gasteiger partial charge < -0.3 is 4.74 Å². The maximum Gasteiger partial charge on any atom is 0.140 e. The van der Waals surface area contributed by atoms with Crippen LogP contribution < -0.4 is 15.2 Å². The van der Waals surface area contributed by atoms with Crippen molar-refractivity contribution in [3.8, 4) is 30.0 Å². The molecule has 0 aliphatic rings. The monoisotopic (exact) mass is 276 g/mol. The van der Waals surface area contributed by atoms with Gasteiger partial charge >= 0.3 is 0 Å². The lowest BCUT2D eigenvalue weighted by Crippen LogP contribution is -2.17. The lowest BCUT2D eigenvalue weighted by Gasteiger charge is -2.06. The van der Waals surface area contributed by atoms with Gasteiger partial charge in [0.2, 0.25) is 0 Å². The second-order valence-corrected chi connectivity index (χ2v) is 4.11. The van der Waals surface area contributed by atoms with Gasteiger partial charge in [-0.3, -0.25) is 0 Å². The molecule has 0 aliphatic heterocycles. The first-order valence-electron chi connectivity index (χ1n) is 6.33. The van der Waals surface area contributed by atoms with Crippen LogP contribution in [0.4, 0.5) is 0 Å². The Bertz CT molecular complexity index is 778. The predicted molar refractivity (Wildman–Crippen MR) is 75.4 cm³/mol. The summed E-state index contributed by atoms with van der Waals surface area (Å²) in [6.07, 6.45) is 1.76. The normalized spacial score (nSPS) is 8.62. The van der Waals surface area contributed by atoms with E-state index in [4.69, 9.17) is 25.8 Å². The van der Waals surface area contributed by atoms with Crippen LogP contribution >= 0.6 is 0 Å². The minimum absolute atomic E-state index is 0.0441. The number of unbranched alkanes of at least 4 members (excludes halogenated alkanes) is 1. The van der Waals surface area contributed by atoms with Gasteiger partial charge in [-0.2, -0.15) is 21.0 Å². The van der Waals surface area contributed by atoms with E-state index in [0.717, 1.165) is 12.8 Å². The summed E-state index contributed by atoms with van der Waals surface area (Å²) >= 11 is 0. The molecule has 0 heterocycles. The standard InChI is InChI=1S/C16H12N4O/c1-2-3-6-21-16-7-12(13(8-17)9-18)4-5-15(16)14(10-19)11-20/h4-5,7H,2-3,6H2,1H3. The maximum atomic E-state index is 8.97. The smallest absolute Gasteiger partial charge is 0.140 e. The molecule has 0 aromatic heterocycles. The molecule has 1 aromatic carbocycles. The van der Waals surface area contributed by atoms with Crippen LogP contribution in [-0.2, 0) is 0 Å². The topological polar surface area (TPSA) is 104 Å². The van der Waals surface area contributed by atoms with E-state index in [9.17, 15) is 0 Å². The van der Waals surface area contributed by atoms with E-state index < -0.39 is 0 Å². The Morgan fingerprint density at radius 2 is 1.62 bits per heavy atom. The Labute approximate surface area is 122 Å².